The van der Waals surface area contributed by atoms with Crippen LogP contribution in [0.2, 0.25) is 0 Å². The summed E-state index contributed by atoms with van der Waals surface area (Å²) in [4.78, 5) is 27.0. The molecule has 0 fully saturated rings. The van der Waals surface area contributed by atoms with E-state index in [0.29, 0.717) is 40.5 Å². The van der Waals surface area contributed by atoms with Crippen LogP contribution in [0.1, 0.15) is 5.56 Å². The van der Waals surface area contributed by atoms with E-state index in [0.717, 1.165) is 0 Å². The Bertz CT molecular complexity index is 1350. The highest BCUT2D eigenvalue weighted by Crippen LogP contribution is 2.22. The molecule has 4 rings (SSSR count). The highest BCUT2D eigenvalue weighted by Gasteiger charge is 2.18. The number of carbonyl (C=O) groups excluding carboxylic acids is 1. The molecule has 0 spiro atoms. The standard InChI is InChI=1S/C22H20FN5O2S/c1-3-11-27-20(30)17-9-4-5-10-18(17)28-21(27)24-25-22(28)31-14-19(29)26(2)13-15-7-6-8-16(23)12-15/h3-10,12H,1,11,13-14H2,2H3. The first-order valence-electron chi connectivity index (χ1n) is 9.58. The Morgan fingerprint density at radius 2 is 2.03 bits per heavy atom. The molecule has 4 aromatic rings. The van der Waals surface area contributed by atoms with E-state index in [4.69, 9.17) is 0 Å². The molecule has 7 nitrogen and oxygen atoms in total. The number of carbonyl (C=O) groups is 1. The van der Waals surface area contributed by atoms with Crippen molar-refractivity contribution in [3.05, 3.63) is 82.9 Å². The zero-order chi connectivity index (χ0) is 22.0. The summed E-state index contributed by atoms with van der Waals surface area (Å²) in [5.74, 6) is 0.0585. The zero-order valence-corrected chi connectivity index (χ0v) is 17.7. The molecule has 0 atom stereocenters. The number of thioether (sulfide) groups is 1. The second kappa shape index (κ2) is 8.73. The van der Waals surface area contributed by atoms with Gasteiger partial charge in [0.25, 0.3) is 5.56 Å². The van der Waals surface area contributed by atoms with Crippen molar-refractivity contribution in [3.63, 3.8) is 0 Å². The van der Waals surface area contributed by atoms with Crippen LogP contribution in [0.5, 0.6) is 0 Å². The zero-order valence-electron chi connectivity index (χ0n) is 16.9. The molecule has 0 radical (unpaired) electrons. The molecule has 31 heavy (non-hydrogen) atoms. The van der Waals surface area contributed by atoms with E-state index >= 15 is 0 Å². The molecule has 9 heteroatoms. The smallest absolute Gasteiger partial charge is 0.263 e. The van der Waals surface area contributed by atoms with Crippen LogP contribution in [0.15, 0.2) is 71.1 Å². The van der Waals surface area contributed by atoms with Gasteiger partial charge in [-0.25, -0.2) is 4.39 Å². The molecule has 2 aromatic heterocycles. The fourth-order valence-corrected chi connectivity index (χ4v) is 4.24. The second-order valence-electron chi connectivity index (χ2n) is 7.01. The molecule has 0 aliphatic rings. The van der Waals surface area contributed by atoms with Crippen molar-refractivity contribution in [3.8, 4) is 0 Å². The van der Waals surface area contributed by atoms with Crippen molar-refractivity contribution >= 4 is 34.3 Å². The lowest BCUT2D eigenvalue weighted by atomic mass is 10.2. The van der Waals surface area contributed by atoms with Gasteiger partial charge in [0.15, 0.2) is 5.16 Å². The molecule has 2 heterocycles. The average Bonchev–Trinajstić information content (AvgIpc) is 3.19. The topological polar surface area (TPSA) is 72.5 Å². The number of rotatable bonds is 7. The minimum absolute atomic E-state index is 0.127. The number of benzene rings is 2. The van der Waals surface area contributed by atoms with Gasteiger partial charge in [0, 0.05) is 20.1 Å². The van der Waals surface area contributed by atoms with Gasteiger partial charge in [-0.1, -0.05) is 42.1 Å². The molecule has 1 amide bonds. The normalized spacial score (nSPS) is 11.2. The van der Waals surface area contributed by atoms with Crippen molar-refractivity contribution in [1.82, 2.24) is 24.1 Å². The first-order valence-corrected chi connectivity index (χ1v) is 10.6. The number of allylic oxidation sites excluding steroid dienone is 1. The number of hydrogen-bond donors (Lipinski definition) is 0. The molecular formula is C22H20FN5O2S. The van der Waals surface area contributed by atoms with Gasteiger partial charge >= 0.3 is 0 Å². The number of amides is 1. The van der Waals surface area contributed by atoms with Gasteiger partial charge in [0.05, 0.1) is 16.7 Å². The average molecular weight is 438 g/mol. The molecule has 158 valence electrons. The fraction of sp³-hybridized carbons (Fsp3) is 0.182. The van der Waals surface area contributed by atoms with Crippen LogP contribution in [0.3, 0.4) is 0 Å². The number of halogens is 1. The molecule has 0 aliphatic heterocycles. The number of fused-ring (bicyclic) bond motifs is 3. The summed E-state index contributed by atoms with van der Waals surface area (Å²) in [6.07, 6.45) is 1.63. The SMILES string of the molecule is C=CCn1c(=O)c2ccccc2n2c(SCC(=O)N(C)Cc3cccc(F)c3)nnc12. The van der Waals surface area contributed by atoms with E-state index in [1.165, 1.54) is 33.4 Å². The van der Waals surface area contributed by atoms with Gasteiger partial charge in [0.1, 0.15) is 5.82 Å². The van der Waals surface area contributed by atoms with E-state index in [-0.39, 0.29) is 23.0 Å². The molecule has 0 saturated heterocycles. The molecule has 0 bridgehead atoms. The van der Waals surface area contributed by atoms with E-state index in [9.17, 15) is 14.0 Å². The summed E-state index contributed by atoms with van der Waals surface area (Å²) in [7, 11) is 1.67. The predicted octanol–water partition coefficient (Wildman–Crippen LogP) is 3.12. The van der Waals surface area contributed by atoms with Crippen molar-refractivity contribution in [2.24, 2.45) is 0 Å². The van der Waals surface area contributed by atoms with Crippen LogP contribution >= 0.6 is 11.8 Å². The number of hydrogen-bond acceptors (Lipinski definition) is 5. The van der Waals surface area contributed by atoms with E-state index < -0.39 is 0 Å². The Balaban J connectivity index is 1.61. The van der Waals surface area contributed by atoms with Crippen LogP contribution in [-0.4, -0.2) is 42.8 Å². The van der Waals surface area contributed by atoms with Crippen LogP contribution in [-0.2, 0) is 17.9 Å². The molecule has 0 N–H and O–H groups in total. The van der Waals surface area contributed by atoms with Gasteiger partial charge in [-0.05, 0) is 29.8 Å². The quantitative estimate of drug-likeness (QED) is 0.328. The van der Waals surface area contributed by atoms with Crippen molar-refractivity contribution < 1.29 is 9.18 Å². The molecule has 0 unspecified atom stereocenters. The Kier molecular flexibility index (Phi) is 5.85. The van der Waals surface area contributed by atoms with E-state index in [2.05, 4.69) is 16.8 Å². The van der Waals surface area contributed by atoms with Crippen LogP contribution in [0.4, 0.5) is 4.39 Å². The predicted molar refractivity (Wildman–Crippen MR) is 119 cm³/mol. The van der Waals surface area contributed by atoms with Crippen LogP contribution < -0.4 is 5.56 Å². The maximum Gasteiger partial charge on any atom is 0.263 e. The van der Waals surface area contributed by atoms with Gasteiger partial charge < -0.3 is 4.90 Å². The number of aromatic nitrogens is 4. The highest BCUT2D eigenvalue weighted by atomic mass is 32.2. The van der Waals surface area contributed by atoms with Crippen LogP contribution in [0, 0.1) is 5.82 Å². The molecule has 0 aliphatic carbocycles. The van der Waals surface area contributed by atoms with Gasteiger partial charge in [0.2, 0.25) is 11.7 Å². The summed E-state index contributed by atoms with van der Waals surface area (Å²) in [5.41, 5.74) is 1.22. The monoisotopic (exact) mass is 437 g/mol. The third-order valence-electron chi connectivity index (χ3n) is 4.85. The maximum atomic E-state index is 13.4. The summed E-state index contributed by atoms with van der Waals surface area (Å²) >= 11 is 1.24. The lowest BCUT2D eigenvalue weighted by Gasteiger charge is -2.17. The molecule has 2 aromatic carbocycles. The summed E-state index contributed by atoms with van der Waals surface area (Å²) in [5, 5.41) is 9.45. The van der Waals surface area contributed by atoms with Crippen molar-refractivity contribution in [1.29, 1.82) is 0 Å². The first kappa shape index (κ1) is 20.8. The van der Waals surface area contributed by atoms with Gasteiger partial charge in [-0.2, -0.15) is 0 Å². The Morgan fingerprint density at radius 3 is 2.81 bits per heavy atom. The molecule has 0 saturated carbocycles. The highest BCUT2D eigenvalue weighted by molar-refractivity contribution is 7.99. The van der Waals surface area contributed by atoms with Gasteiger partial charge in [-0.15, -0.1) is 16.8 Å². The fourth-order valence-electron chi connectivity index (χ4n) is 3.35. The van der Waals surface area contributed by atoms with E-state index in [1.54, 1.807) is 41.8 Å². The Hall–Kier alpha value is -3.46. The van der Waals surface area contributed by atoms with E-state index in [1.807, 2.05) is 12.1 Å². The minimum Gasteiger partial charge on any atom is -0.341 e. The third-order valence-corrected chi connectivity index (χ3v) is 5.76. The lowest BCUT2D eigenvalue weighted by molar-refractivity contribution is -0.127. The van der Waals surface area contributed by atoms with Gasteiger partial charge in [-0.3, -0.25) is 18.6 Å². The minimum atomic E-state index is -0.333. The van der Waals surface area contributed by atoms with Crippen molar-refractivity contribution in [2.75, 3.05) is 12.8 Å². The summed E-state index contributed by atoms with van der Waals surface area (Å²) in [6, 6.07) is 13.4. The number of para-hydroxylation sites is 1. The Morgan fingerprint density at radius 1 is 1.23 bits per heavy atom. The second-order valence-corrected chi connectivity index (χ2v) is 7.95. The van der Waals surface area contributed by atoms with Crippen molar-refractivity contribution in [2.45, 2.75) is 18.2 Å². The van der Waals surface area contributed by atoms with Crippen LogP contribution in [0.25, 0.3) is 16.7 Å². The molecular weight excluding hydrogens is 417 g/mol. The maximum absolute atomic E-state index is 13.4. The Labute approximate surface area is 181 Å². The lowest BCUT2D eigenvalue weighted by Crippen LogP contribution is -2.28. The summed E-state index contributed by atoms with van der Waals surface area (Å²) in [6.45, 7) is 4.32. The number of nitrogens with zero attached hydrogens (tertiary/aromatic N) is 5. The largest absolute Gasteiger partial charge is 0.341 e. The first-order chi connectivity index (χ1) is 15.0. The third kappa shape index (κ3) is 4.09. The summed E-state index contributed by atoms with van der Waals surface area (Å²) < 4.78 is 16.7.